The van der Waals surface area contributed by atoms with E-state index in [0.717, 1.165) is 0 Å². The van der Waals surface area contributed by atoms with E-state index >= 15 is 0 Å². The maximum Gasteiger partial charge on any atom is 0.265 e. The Morgan fingerprint density at radius 2 is 1.95 bits per heavy atom. The smallest absolute Gasteiger partial charge is 0.265 e. The minimum absolute atomic E-state index is 0.255. The van der Waals surface area contributed by atoms with Gasteiger partial charge in [-0.3, -0.25) is 4.79 Å². The summed E-state index contributed by atoms with van der Waals surface area (Å²) in [6.45, 7) is 1.65. The number of hydrogen-bond acceptors (Lipinski definition) is 3. The van der Waals surface area contributed by atoms with Crippen LogP contribution in [0.1, 0.15) is 6.92 Å². The number of amides is 1. The normalized spacial score (nSPS) is 11.7. The van der Waals surface area contributed by atoms with E-state index in [1.54, 1.807) is 37.3 Å². The average Bonchev–Trinajstić information content (AvgIpc) is 2.44. The summed E-state index contributed by atoms with van der Waals surface area (Å²) < 4.78 is 5.54. The van der Waals surface area contributed by atoms with Crippen LogP contribution in [0.25, 0.3) is 0 Å². The molecule has 0 heterocycles. The number of halogens is 1. The molecular formula is C15H15ClN2O2. The third kappa shape index (κ3) is 3.65. The van der Waals surface area contributed by atoms with Gasteiger partial charge in [-0.1, -0.05) is 29.8 Å². The first kappa shape index (κ1) is 14.2. The lowest BCUT2D eigenvalue weighted by molar-refractivity contribution is -0.122. The molecule has 0 fully saturated rings. The Kier molecular flexibility index (Phi) is 4.48. The molecule has 1 atom stereocenters. The Balaban J connectivity index is 2.02. The summed E-state index contributed by atoms with van der Waals surface area (Å²) in [5.41, 5.74) is 6.91. The van der Waals surface area contributed by atoms with Crippen molar-refractivity contribution < 1.29 is 9.53 Å². The summed E-state index contributed by atoms with van der Waals surface area (Å²) in [4.78, 5) is 12.0. The number of rotatable bonds is 4. The largest absolute Gasteiger partial charge is 0.479 e. The van der Waals surface area contributed by atoms with Crippen molar-refractivity contribution in [1.82, 2.24) is 0 Å². The molecule has 1 amide bonds. The minimum atomic E-state index is -0.686. The predicted molar refractivity (Wildman–Crippen MR) is 81.0 cm³/mol. The molecule has 5 heteroatoms. The molecule has 0 aliphatic rings. The molecule has 0 saturated carbocycles. The van der Waals surface area contributed by atoms with Crippen LogP contribution in [0.15, 0.2) is 48.5 Å². The van der Waals surface area contributed by atoms with E-state index in [4.69, 9.17) is 22.1 Å². The van der Waals surface area contributed by atoms with E-state index in [-0.39, 0.29) is 5.91 Å². The van der Waals surface area contributed by atoms with Crippen LogP contribution in [-0.4, -0.2) is 12.0 Å². The molecule has 0 aliphatic heterocycles. The van der Waals surface area contributed by atoms with Crippen LogP contribution in [0.5, 0.6) is 5.75 Å². The first-order valence-corrected chi connectivity index (χ1v) is 6.51. The molecule has 0 saturated heterocycles. The van der Waals surface area contributed by atoms with Crippen molar-refractivity contribution in [2.75, 3.05) is 11.1 Å². The third-order valence-corrected chi connectivity index (χ3v) is 2.98. The summed E-state index contributed by atoms with van der Waals surface area (Å²) in [6, 6.07) is 14.1. The van der Waals surface area contributed by atoms with Crippen molar-refractivity contribution in [1.29, 1.82) is 0 Å². The van der Waals surface area contributed by atoms with Crippen LogP contribution in [-0.2, 0) is 4.79 Å². The molecule has 0 spiro atoms. The second-order valence-corrected chi connectivity index (χ2v) is 4.71. The second kappa shape index (κ2) is 6.30. The van der Waals surface area contributed by atoms with Crippen LogP contribution in [0.2, 0.25) is 5.02 Å². The first-order chi connectivity index (χ1) is 9.56. The zero-order valence-electron chi connectivity index (χ0n) is 11.0. The summed E-state index contributed by atoms with van der Waals surface area (Å²) >= 11 is 5.99. The number of nitrogens with one attached hydrogen (secondary N) is 1. The molecule has 104 valence electrons. The highest BCUT2D eigenvalue weighted by Crippen LogP contribution is 2.27. The van der Waals surface area contributed by atoms with Crippen molar-refractivity contribution in [3.63, 3.8) is 0 Å². The van der Waals surface area contributed by atoms with Gasteiger partial charge in [-0.15, -0.1) is 0 Å². The molecule has 2 rings (SSSR count). The average molecular weight is 291 g/mol. The standard InChI is InChI=1S/C15H15ClN2O2/c1-10(15(19)18-12-5-3-2-4-6-12)20-14-9-11(17)7-8-13(14)16/h2-10H,17H2,1H3,(H,18,19). The van der Waals surface area contributed by atoms with Crippen molar-refractivity contribution in [2.24, 2.45) is 0 Å². The second-order valence-electron chi connectivity index (χ2n) is 4.31. The lowest BCUT2D eigenvalue weighted by atomic mass is 10.3. The Morgan fingerprint density at radius 1 is 1.25 bits per heavy atom. The SMILES string of the molecule is CC(Oc1cc(N)ccc1Cl)C(=O)Nc1ccccc1. The van der Waals surface area contributed by atoms with Gasteiger partial charge in [-0.05, 0) is 31.2 Å². The van der Waals surface area contributed by atoms with E-state index in [1.807, 2.05) is 18.2 Å². The number of carbonyl (C=O) groups excluding carboxylic acids is 1. The van der Waals surface area contributed by atoms with Gasteiger partial charge in [0.05, 0.1) is 5.02 Å². The molecule has 4 nitrogen and oxygen atoms in total. The molecule has 1 unspecified atom stereocenters. The van der Waals surface area contributed by atoms with Crippen LogP contribution < -0.4 is 15.8 Å². The van der Waals surface area contributed by atoms with Gasteiger partial charge < -0.3 is 15.8 Å². The molecule has 2 aromatic rings. The zero-order valence-corrected chi connectivity index (χ0v) is 11.7. The minimum Gasteiger partial charge on any atom is -0.479 e. The molecular weight excluding hydrogens is 276 g/mol. The summed E-state index contributed by atoms with van der Waals surface area (Å²) in [6.07, 6.45) is -0.686. The van der Waals surface area contributed by atoms with Gasteiger partial charge in [-0.2, -0.15) is 0 Å². The number of anilines is 2. The van der Waals surface area contributed by atoms with E-state index in [0.29, 0.717) is 22.1 Å². The van der Waals surface area contributed by atoms with Gasteiger partial charge in [0.1, 0.15) is 5.75 Å². The van der Waals surface area contributed by atoms with Crippen LogP contribution in [0.4, 0.5) is 11.4 Å². The number of nitrogen functional groups attached to an aromatic ring is 1. The molecule has 0 aromatic heterocycles. The van der Waals surface area contributed by atoms with E-state index < -0.39 is 6.10 Å². The van der Waals surface area contributed by atoms with Crippen LogP contribution in [0.3, 0.4) is 0 Å². The molecule has 0 aliphatic carbocycles. The quantitative estimate of drug-likeness (QED) is 0.849. The van der Waals surface area contributed by atoms with Crippen molar-refractivity contribution in [2.45, 2.75) is 13.0 Å². The van der Waals surface area contributed by atoms with Crippen molar-refractivity contribution in [3.8, 4) is 5.75 Å². The van der Waals surface area contributed by atoms with E-state index in [1.165, 1.54) is 0 Å². The Morgan fingerprint density at radius 3 is 2.65 bits per heavy atom. The van der Waals surface area contributed by atoms with E-state index in [9.17, 15) is 4.79 Å². The van der Waals surface area contributed by atoms with Gasteiger partial charge >= 0.3 is 0 Å². The zero-order chi connectivity index (χ0) is 14.5. The summed E-state index contributed by atoms with van der Waals surface area (Å²) in [5.74, 6) is 0.136. The number of nitrogens with two attached hydrogens (primary N) is 1. The van der Waals surface area contributed by atoms with Gasteiger partial charge in [-0.25, -0.2) is 0 Å². The topological polar surface area (TPSA) is 64.3 Å². The fourth-order valence-corrected chi connectivity index (χ4v) is 1.78. The predicted octanol–water partition coefficient (Wildman–Crippen LogP) is 3.33. The van der Waals surface area contributed by atoms with Crippen LogP contribution >= 0.6 is 11.6 Å². The number of para-hydroxylation sites is 1. The summed E-state index contributed by atoms with van der Waals surface area (Å²) in [5, 5.41) is 3.17. The van der Waals surface area contributed by atoms with E-state index in [2.05, 4.69) is 5.32 Å². The first-order valence-electron chi connectivity index (χ1n) is 6.14. The molecule has 2 aromatic carbocycles. The molecule has 0 radical (unpaired) electrons. The maximum absolute atomic E-state index is 12.0. The highest BCUT2D eigenvalue weighted by atomic mass is 35.5. The van der Waals surface area contributed by atoms with Gasteiger partial charge in [0.15, 0.2) is 6.10 Å². The van der Waals surface area contributed by atoms with Gasteiger partial charge in [0.2, 0.25) is 0 Å². The van der Waals surface area contributed by atoms with Gasteiger partial charge in [0, 0.05) is 17.4 Å². The maximum atomic E-state index is 12.0. The highest BCUT2D eigenvalue weighted by molar-refractivity contribution is 6.32. The number of hydrogen-bond donors (Lipinski definition) is 2. The Hall–Kier alpha value is -2.20. The molecule has 20 heavy (non-hydrogen) atoms. The van der Waals surface area contributed by atoms with Crippen LogP contribution in [0, 0.1) is 0 Å². The van der Waals surface area contributed by atoms with Crippen molar-refractivity contribution >= 4 is 28.9 Å². The Bertz CT molecular complexity index is 602. The van der Waals surface area contributed by atoms with Gasteiger partial charge in [0.25, 0.3) is 5.91 Å². The van der Waals surface area contributed by atoms with Crippen molar-refractivity contribution in [3.05, 3.63) is 53.6 Å². The monoisotopic (exact) mass is 290 g/mol. The molecule has 0 bridgehead atoms. The Labute approximate surface area is 122 Å². The lowest BCUT2D eigenvalue weighted by Gasteiger charge is -2.16. The fraction of sp³-hybridized carbons (Fsp3) is 0.133. The molecule has 3 N–H and O–H groups in total. The number of ether oxygens (including phenoxy) is 1. The highest BCUT2D eigenvalue weighted by Gasteiger charge is 2.16. The third-order valence-electron chi connectivity index (χ3n) is 2.67. The number of carbonyl (C=O) groups is 1. The lowest BCUT2D eigenvalue weighted by Crippen LogP contribution is -2.30. The summed E-state index contributed by atoms with van der Waals surface area (Å²) in [7, 11) is 0. The number of benzene rings is 2. The fourth-order valence-electron chi connectivity index (χ4n) is 1.62.